The second kappa shape index (κ2) is 6.24. The fourth-order valence-corrected chi connectivity index (χ4v) is 2.00. The number of Topliss-reactive ketones (excluding diaryl/α,β-unsaturated/α-hetero) is 1. The van der Waals surface area contributed by atoms with Crippen molar-refractivity contribution < 1.29 is 14.3 Å². The molecule has 0 aliphatic rings. The lowest BCUT2D eigenvalue weighted by atomic mass is 10.1. The first-order chi connectivity index (χ1) is 9.60. The van der Waals surface area contributed by atoms with Crippen molar-refractivity contribution in [3.05, 3.63) is 59.2 Å². The van der Waals surface area contributed by atoms with Crippen LogP contribution in [0.2, 0.25) is 0 Å². The topological polar surface area (TPSA) is 35.5 Å². The van der Waals surface area contributed by atoms with Crippen molar-refractivity contribution in [2.45, 2.75) is 20.5 Å². The molecule has 0 aliphatic carbocycles. The van der Waals surface area contributed by atoms with E-state index in [0.717, 1.165) is 5.56 Å². The molecule has 0 amide bonds. The lowest BCUT2D eigenvalue weighted by Crippen LogP contribution is -2.02. The fraction of sp³-hybridized carbons (Fsp3) is 0.235. The van der Waals surface area contributed by atoms with Crippen LogP contribution in [-0.2, 0) is 6.61 Å². The van der Waals surface area contributed by atoms with E-state index in [2.05, 4.69) is 6.07 Å². The molecule has 0 atom stereocenters. The summed E-state index contributed by atoms with van der Waals surface area (Å²) in [6.07, 6.45) is 0. The first kappa shape index (κ1) is 14.1. The van der Waals surface area contributed by atoms with E-state index in [1.165, 1.54) is 12.5 Å². The van der Waals surface area contributed by atoms with Gasteiger partial charge >= 0.3 is 0 Å². The monoisotopic (exact) mass is 270 g/mol. The molecule has 3 heteroatoms. The standard InChI is InChI=1S/C17H18O3/c1-12-5-4-6-14(9-12)11-20-17-10-15(19-3)7-8-16(17)13(2)18/h4-10H,11H2,1-3H3. The number of ether oxygens (including phenoxy) is 2. The maximum absolute atomic E-state index is 11.6. The summed E-state index contributed by atoms with van der Waals surface area (Å²) in [4.78, 5) is 11.6. The molecule has 20 heavy (non-hydrogen) atoms. The van der Waals surface area contributed by atoms with Gasteiger partial charge in [0.25, 0.3) is 0 Å². The van der Waals surface area contributed by atoms with Gasteiger partial charge in [-0.05, 0) is 31.5 Å². The molecular weight excluding hydrogens is 252 g/mol. The van der Waals surface area contributed by atoms with Crippen LogP contribution in [0.1, 0.15) is 28.4 Å². The molecule has 0 spiro atoms. The molecule has 0 aromatic heterocycles. The van der Waals surface area contributed by atoms with E-state index >= 15 is 0 Å². The largest absolute Gasteiger partial charge is 0.497 e. The smallest absolute Gasteiger partial charge is 0.163 e. The molecule has 2 rings (SSSR count). The second-order valence-corrected chi connectivity index (χ2v) is 4.70. The summed E-state index contributed by atoms with van der Waals surface area (Å²) < 4.78 is 11.0. The lowest BCUT2D eigenvalue weighted by Gasteiger charge is -2.11. The molecule has 104 valence electrons. The molecule has 3 nitrogen and oxygen atoms in total. The van der Waals surface area contributed by atoms with Crippen LogP contribution in [0.3, 0.4) is 0 Å². The maximum Gasteiger partial charge on any atom is 0.163 e. The third kappa shape index (κ3) is 3.38. The maximum atomic E-state index is 11.6. The zero-order valence-electron chi connectivity index (χ0n) is 12.0. The Hall–Kier alpha value is -2.29. The molecule has 0 aliphatic heterocycles. The van der Waals surface area contributed by atoms with Crippen LogP contribution in [0.25, 0.3) is 0 Å². The van der Waals surface area contributed by atoms with Crippen molar-refractivity contribution in [1.82, 2.24) is 0 Å². The summed E-state index contributed by atoms with van der Waals surface area (Å²) in [5.41, 5.74) is 2.82. The normalized spacial score (nSPS) is 10.2. The van der Waals surface area contributed by atoms with Crippen LogP contribution in [0.15, 0.2) is 42.5 Å². The Morgan fingerprint density at radius 1 is 1.15 bits per heavy atom. The molecule has 0 saturated carbocycles. The minimum Gasteiger partial charge on any atom is -0.497 e. The number of aryl methyl sites for hydroxylation is 1. The Labute approximate surface area is 119 Å². The van der Waals surface area contributed by atoms with Gasteiger partial charge < -0.3 is 9.47 Å². The quantitative estimate of drug-likeness (QED) is 0.775. The van der Waals surface area contributed by atoms with E-state index in [0.29, 0.717) is 23.7 Å². The van der Waals surface area contributed by atoms with Gasteiger partial charge in [0.15, 0.2) is 5.78 Å². The van der Waals surface area contributed by atoms with E-state index < -0.39 is 0 Å². The van der Waals surface area contributed by atoms with E-state index in [4.69, 9.17) is 9.47 Å². The van der Waals surface area contributed by atoms with Gasteiger partial charge in [0.2, 0.25) is 0 Å². The zero-order valence-corrected chi connectivity index (χ0v) is 12.0. The highest BCUT2D eigenvalue weighted by Crippen LogP contribution is 2.26. The van der Waals surface area contributed by atoms with Gasteiger partial charge in [-0.25, -0.2) is 0 Å². The van der Waals surface area contributed by atoms with E-state index in [9.17, 15) is 4.79 Å². The molecule has 0 bridgehead atoms. The number of methoxy groups -OCH3 is 1. The highest BCUT2D eigenvalue weighted by molar-refractivity contribution is 5.97. The molecule has 0 heterocycles. The van der Waals surface area contributed by atoms with Gasteiger partial charge in [0.05, 0.1) is 12.7 Å². The SMILES string of the molecule is COc1ccc(C(C)=O)c(OCc2cccc(C)c2)c1. The van der Waals surface area contributed by atoms with E-state index in [1.54, 1.807) is 25.3 Å². The van der Waals surface area contributed by atoms with Crippen molar-refractivity contribution in [3.8, 4) is 11.5 Å². The van der Waals surface area contributed by atoms with Gasteiger partial charge in [-0.3, -0.25) is 4.79 Å². The number of carbonyl (C=O) groups is 1. The number of rotatable bonds is 5. The number of carbonyl (C=O) groups excluding carboxylic acids is 1. The molecule has 0 radical (unpaired) electrons. The zero-order chi connectivity index (χ0) is 14.5. The Morgan fingerprint density at radius 3 is 2.60 bits per heavy atom. The molecular formula is C17H18O3. The first-order valence-corrected chi connectivity index (χ1v) is 6.47. The number of benzene rings is 2. The molecule has 0 fully saturated rings. The predicted octanol–water partition coefficient (Wildman–Crippen LogP) is 3.79. The number of ketones is 1. The van der Waals surface area contributed by atoms with Crippen molar-refractivity contribution in [2.75, 3.05) is 7.11 Å². The summed E-state index contributed by atoms with van der Waals surface area (Å²) >= 11 is 0. The molecule has 0 N–H and O–H groups in total. The summed E-state index contributed by atoms with van der Waals surface area (Å²) in [6, 6.07) is 13.3. The summed E-state index contributed by atoms with van der Waals surface area (Å²) in [6.45, 7) is 3.99. The third-order valence-electron chi connectivity index (χ3n) is 3.04. The van der Waals surface area contributed by atoms with Crippen LogP contribution in [0.4, 0.5) is 0 Å². The van der Waals surface area contributed by atoms with E-state index in [1.807, 2.05) is 25.1 Å². The average molecular weight is 270 g/mol. The Morgan fingerprint density at radius 2 is 1.95 bits per heavy atom. The fourth-order valence-electron chi connectivity index (χ4n) is 2.00. The van der Waals surface area contributed by atoms with Gasteiger partial charge in [-0.2, -0.15) is 0 Å². The Bertz CT molecular complexity index is 617. The lowest BCUT2D eigenvalue weighted by molar-refractivity contribution is 0.101. The number of hydrogen-bond acceptors (Lipinski definition) is 3. The van der Waals surface area contributed by atoms with Crippen LogP contribution in [-0.4, -0.2) is 12.9 Å². The first-order valence-electron chi connectivity index (χ1n) is 6.47. The van der Waals surface area contributed by atoms with Crippen molar-refractivity contribution in [2.24, 2.45) is 0 Å². The van der Waals surface area contributed by atoms with Crippen LogP contribution >= 0.6 is 0 Å². The average Bonchev–Trinajstić information content (AvgIpc) is 2.44. The highest BCUT2D eigenvalue weighted by atomic mass is 16.5. The Balaban J connectivity index is 2.21. The van der Waals surface area contributed by atoms with Gasteiger partial charge in [-0.15, -0.1) is 0 Å². The van der Waals surface area contributed by atoms with Crippen LogP contribution < -0.4 is 9.47 Å². The van der Waals surface area contributed by atoms with Crippen molar-refractivity contribution in [1.29, 1.82) is 0 Å². The summed E-state index contributed by atoms with van der Waals surface area (Å²) in [5.74, 6) is 1.21. The van der Waals surface area contributed by atoms with Crippen LogP contribution in [0, 0.1) is 6.92 Å². The van der Waals surface area contributed by atoms with Crippen molar-refractivity contribution in [3.63, 3.8) is 0 Å². The third-order valence-corrected chi connectivity index (χ3v) is 3.04. The summed E-state index contributed by atoms with van der Waals surface area (Å²) in [7, 11) is 1.59. The second-order valence-electron chi connectivity index (χ2n) is 4.70. The van der Waals surface area contributed by atoms with Gasteiger partial charge in [-0.1, -0.05) is 29.8 Å². The summed E-state index contributed by atoms with van der Waals surface area (Å²) in [5, 5.41) is 0. The Kier molecular flexibility index (Phi) is 4.41. The van der Waals surface area contributed by atoms with Gasteiger partial charge in [0, 0.05) is 6.07 Å². The molecule has 2 aromatic rings. The highest BCUT2D eigenvalue weighted by Gasteiger charge is 2.10. The van der Waals surface area contributed by atoms with Crippen LogP contribution in [0.5, 0.6) is 11.5 Å². The molecule has 0 unspecified atom stereocenters. The molecule has 0 saturated heterocycles. The number of hydrogen-bond donors (Lipinski definition) is 0. The van der Waals surface area contributed by atoms with Crippen molar-refractivity contribution >= 4 is 5.78 Å². The predicted molar refractivity (Wildman–Crippen MR) is 78.5 cm³/mol. The molecule has 2 aromatic carbocycles. The minimum absolute atomic E-state index is 0.0214. The minimum atomic E-state index is -0.0214. The van der Waals surface area contributed by atoms with E-state index in [-0.39, 0.29) is 5.78 Å². The van der Waals surface area contributed by atoms with Gasteiger partial charge in [0.1, 0.15) is 18.1 Å².